The Balaban J connectivity index is 1.56. The molecule has 0 spiro atoms. The van der Waals surface area contributed by atoms with Crippen LogP contribution in [-0.2, 0) is 4.79 Å². The first-order chi connectivity index (χ1) is 12.1. The largest absolute Gasteiger partial charge is 0.339 e. The minimum atomic E-state index is -0.348. The maximum absolute atomic E-state index is 13.6. The quantitative estimate of drug-likeness (QED) is 0.625. The van der Waals surface area contributed by atoms with Crippen molar-refractivity contribution in [3.8, 4) is 0 Å². The maximum Gasteiger partial charge on any atom is 0.246 e. The van der Waals surface area contributed by atoms with Gasteiger partial charge in [-0.3, -0.25) is 9.59 Å². The number of halogens is 1. The van der Waals surface area contributed by atoms with Gasteiger partial charge in [-0.1, -0.05) is 48.5 Å². The zero-order chi connectivity index (χ0) is 17.6. The lowest BCUT2D eigenvalue weighted by Crippen LogP contribution is -2.39. The molecule has 128 valence electrons. The molecule has 0 aromatic heterocycles. The molecule has 4 heteroatoms. The van der Waals surface area contributed by atoms with Gasteiger partial charge in [-0.2, -0.15) is 0 Å². The second kappa shape index (κ2) is 7.88. The number of nitrogens with zero attached hydrogens (tertiary/aromatic N) is 1. The molecular formula is C21H20FNO2. The molecule has 1 amide bonds. The van der Waals surface area contributed by atoms with E-state index in [4.69, 9.17) is 0 Å². The zero-order valence-corrected chi connectivity index (χ0v) is 13.9. The second-order valence-corrected chi connectivity index (χ2v) is 6.18. The van der Waals surface area contributed by atoms with Gasteiger partial charge in [-0.25, -0.2) is 4.39 Å². The summed E-state index contributed by atoms with van der Waals surface area (Å²) < 4.78 is 13.6. The van der Waals surface area contributed by atoms with Crippen LogP contribution in [0.1, 0.15) is 28.8 Å². The predicted octanol–water partition coefficient (Wildman–Crippen LogP) is 3.96. The Hall–Kier alpha value is -2.75. The van der Waals surface area contributed by atoms with Gasteiger partial charge in [0.15, 0.2) is 5.78 Å². The van der Waals surface area contributed by atoms with Crippen LogP contribution in [0.5, 0.6) is 0 Å². The summed E-state index contributed by atoms with van der Waals surface area (Å²) in [7, 11) is 0. The molecule has 1 fully saturated rings. The maximum atomic E-state index is 13.6. The van der Waals surface area contributed by atoms with Crippen LogP contribution in [0.3, 0.4) is 0 Å². The lowest BCUT2D eigenvalue weighted by atomic mass is 9.89. The van der Waals surface area contributed by atoms with Gasteiger partial charge in [0, 0.05) is 36.2 Å². The Labute approximate surface area is 146 Å². The fourth-order valence-corrected chi connectivity index (χ4v) is 3.08. The zero-order valence-electron chi connectivity index (χ0n) is 13.9. The molecule has 3 nitrogen and oxygen atoms in total. The number of carbonyl (C=O) groups excluding carboxylic acids is 2. The summed E-state index contributed by atoms with van der Waals surface area (Å²) >= 11 is 0. The van der Waals surface area contributed by atoms with Crippen molar-refractivity contribution in [3.63, 3.8) is 0 Å². The first-order valence-corrected chi connectivity index (χ1v) is 8.46. The topological polar surface area (TPSA) is 37.4 Å². The van der Waals surface area contributed by atoms with E-state index in [0.717, 1.165) is 5.56 Å². The number of benzene rings is 2. The molecular weight excluding hydrogens is 317 g/mol. The van der Waals surface area contributed by atoms with Crippen LogP contribution in [0.25, 0.3) is 6.08 Å². The summed E-state index contributed by atoms with van der Waals surface area (Å²) in [6.45, 7) is 1.09. The Morgan fingerprint density at radius 2 is 1.60 bits per heavy atom. The summed E-state index contributed by atoms with van der Waals surface area (Å²) in [6.07, 6.45) is 4.22. The first-order valence-electron chi connectivity index (χ1n) is 8.46. The molecule has 1 aliphatic heterocycles. The van der Waals surface area contributed by atoms with Gasteiger partial charge >= 0.3 is 0 Å². The van der Waals surface area contributed by atoms with Crippen LogP contribution in [0, 0.1) is 11.7 Å². The molecule has 0 bridgehead atoms. The number of hydrogen-bond donors (Lipinski definition) is 0. The van der Waals surface area contributed by atoms with Crippen LogP contribution in [0.2, 0.25) is 0 Å². The molecule has 1 aliphatic rings. The normalized spacial score (nSPS) is 15.5. The number of ketones is 1. The molecule has 0 radical (unpaired) electrons. The molecule has 25 heavy (non-hydrogen) atoms. The lowest BCUT2D eigenvalue weighted by Gasteiger charge is -2.30. The van der Waals surface area contributed by atoms with Crippen molar-refractivity contribution in [1.29, 1.82) is 0 Å². The van der Waals surface area contributed by atoms with E-state index in [1.54, 1.807) is 23.1 Å². The van der Waals surface area contributed by atoms with Crippen LogP contribution in [-0.4, -0.2) is 29.7 Å². The van der Waals surface area contributed by atoms with E-state index >= 15 is 0 Å². The standard InChI is InChI=1S/C21H20FNO2/c22-19-9-5-4-6-16(19)10-11-20(24)23-14-12-18(13-15-23)21(25)17-7-2-1-3-8-17/h1-11,18H,12-15H2/b11-10+. The van der Waals surface area contributed by atoms with Gasteiger partial charge < -0.3 is 4.90 Å². The molecule has 1 heterocycles. The van der Waals surface area contributed by atoms with Gasteiger partial charge in [0.25, 0.3) is 0 Å². The van der Waals surface area contributed by atoms with Gasteiger partial charge in [-0.15, -0.1) is 0 Å². The summed E-state index contributed by atoms with van der Waals surface area (Å²) in [5, 5.41) is 0. The van der Waals surface area contributed by atoms with Gasteiger partial charge in [0.1, 0.15) is 5.82 Å². The number of Topliss-reactive ketones (excluding diaryl/α,β-unsaturated/α-hetero) is 1. The van der Waals surface area contributed by atoms with E-state index in [2.05, 4.69) is 0 Å². The van der Waals surface area contributed by atoms with Crippen LogP contribution < -0.4 is 0 Å². The van der Waals surface area contributed by atoms with E-state index < -0.39 is 0 Å². The molecule has 2 aromatic carbocycles. The van der Waals surface area contributed by atoms with Crippen LogP contribution in [0.15, 0.2) is 60.7 Å². The molecule has 1 saturated heterocycles. The van der Waals surface area contributed by atoms with E-state index in [-0.39, 0.29) is 23.4 Å². The Morgan fingerprint density at radius 3 is 2.28 bits per heavy atom. The van der Waals surface area contributed by atoms with Crippen LogP contribution in [0.4, 0.5) is 4.39 Å². The smallest absolute Gasteiger partial charge is 0.246 e. The number of rotatable bonds is 4. The fraction of sp³-hybridized carbons (Fsp3) is 0.238. The second-order valence-electron chi connectivity index (χ2n) is 6.18. The van der Waals surface area contributed by atoms with Crippen molar-refractivity contribution in [2.45, 2.75) is 12.8 Å². The van der Waals surface area contributed by atoms with Crippen molar-refractivity contribution in [3.05, 3.63) is 77.6 Å². The number of piperidine rings is 1. The van der Waals surface area contributed by atoms with Crippen molar-refractivity contribution < 1.29 is 14.0 Å². The number of likely N-dealkylation sites (tertiary alicyclic amines) is 1. The summed E-state index contributed by atoms with van der Waals surface area (Å²) in [5.74, 6) is -0.385. The van der Waals surface area contributed by atoms with E-state index in [9.17, 15) is 14.0 Å². The molecule has 2 aromatic rings. The Bertz CT molecular complexity index is 777. The van der Waals surface area contributed by atoms with E-state index in [1.165, 1.54) is 18.2 Å². The molecule has 0 N–H and O–H groups in total. The average Bonchev–Trinajstić information content (AvgIpc) is 2.67. The van der Waals surface area contributed by atoms with Crippen molar-refractivity contribution in [1.82, 2.24) is 4.90 Å². The van der Waals surface area contributed by atoms with E-state index in [1.807, 2.05) is 30.3 Å². The number of carbonyl (C=O) groups is 2. The Morgan fingerprint density at radius 1 is 0.960 bits per heavy atom. The first kappa shape index (κ1) is 17.1. The fourth-order valence-electron chi connectivity index (χ4n) is 3.08. The number of hydrogen-bond acceptors (Lipinski definition) is 2. The van der Waals surface area contributed by atoms with E-state index in [0.29, 0.717) is 31.5 Å². The molecule has 0 unspecified atom stereocenters. The van der Waals surface area contributed by atoms with Gasteiger partial charge in [0.05, 0.1) is 0 Å². The van der Waals surface area contributed by atoms with Crippen molar-refractivity contribution in [2.24, 2.45) is 5.92 Å². The third-order valence-electron chi connectivity index (χ3n) is 4.55. The lowest BCUT2D eigenvalue weighted by molar-refractivity contribution is -0.127. The van der Waals surface area contributed by atoms with Gasteiger partial charge in [-0.05, 0) is 25.0 Å². The highest BCUT2D eigenvalue weighted by Gasteiger charge is 2.27. The third-order valence-corrected chi connectivity index (χ3v) is 4.55. The van der Waals surface area contributed by atoms with Crippen molar-refractivity contribution >= 4 is 17.8 Å². The van der Waals surface area contributed by atoms with Crippen molar-refractivity contribution in [2.75, 3.05) is 13.1 Å². The Kier molecular flexibility index (Phi) is 5.39. The highest BCUT2D eigenvalue weighted by atomic mass is 19.1. The third kappa shape index (κ3) is 4.21. The minimum absolute atomic E-state index is 0.0398. The summed E-state index contributed by atoms with van der Waals surface area (Å²) in [4.78, 5) is 26.4. The highest BCUT2D eigenvalue weighted by molar-refractivity contribution is 5.98. The molecule has 3 rings (SSSR count). The van der Waals surface area contributed by atoms with Crippen LogP contribution >= 0.6 is 0 Å². The van der Waals surface area contributed by atoms with Gasteiger partial charge in [0.2, 0.25) is 5.91 Å². The summed E-state index contributed by atoms with van der Waals surface area (Å²) in [6, 6.07) is 15.6. The SMILES string of the molecule is O=C(c1ccccc1)C1CCN(C(=O)/C=C/c2ccccc2F)CC1. The average molecular weight is 337 g/mol. The molecule has 0 atom stereocenters. The predicted molar refractivity (Wildman–Crippen MR) is 95.5 cm³/mol. The highest BCUT2D eigenvalue weighted by Crippen LogP contribution is 2.22. The summed E-state index contributed by atoms with van der Waals surface area (Å²) in [5.41, 5.74) is 1.12. The molecule has 0 aliphatic carbocycles. The molecule has 0 saturated carbocycles. The monoisotopic (exact) mass is 337 g/mol. The number of amides is 1. The minimum Gasteiger partial charge on any atom is -0.339 e.